The van der Waals surface area contributed by atoms with Gasteiger partial charge < -0.3 is 0 Å². The average molecular weight is 232 g/mol. The highest BCUT2D eigenvalue weighted by molar-refractivity contribution is 5.91. The number of amides is 1. The van der Waals surface area contributed by atoms with Crippen LogP contribution in [-0.2, 0) is 11.0 Å². The van der Waals surface area contributed by atoms with Gasteiger partial charge >= 0.3 is 6.18 Å². The van der Waals surface area contributed by atoms with Crippen molar-refractivity contribution in [3.8, 4) is 0 Å². The highest BCUT2D eigenvalue weighted by Crippen LogP contribution is 2.30. The molecule has 0 aliphatic heterocycles. The van der Waals surface area contributed by atoms with E-state index in [1.807, 2.05) is 0 Å². The van der Waals surface area contributed by atoms with Crippen LogP contribution in [0.25, 0.3) is 0 Å². The Morgan fingerprint density at radius 2 is 1.81 bits per heavy atom. The quantitative estimate of drug-likeness (QED) is 0.483. The van der Waals surface area contributed by atoms with E-state index in [4.69, 9.17) is 5.84 Å². The minimum absolute atomic E-state index is 0.192. The zero-order valence-electron chi connectivity index (χ0n) is 8.58. The van der Waals surface area contributed by atoms with Crippen molar-refractivity contribution >= 4 is 11.6 Å². The van der Waals surface area contributed by atoms with E-state index in [-0.39, 0.29) is 18.0 Å². The Morgan fingerprint density at radius 3 is 2.19 bits per heavy atom. The molecule has 0 radical (unpaired) electrons. The third-order valence-electron chi connectivity index (χ3n) is 2.04. The third kappa shape index (κ3) is 2.73. The van der Waals surface area contributed by atoms with Crippen molar-refractivity contribution in [3.05, 3.63) is 29.8 Å². The Balaban J connectivity index is 2.91. The summed E-state index contributed by atoms with van der Waals surface area (Å²) < 4.78 is 36.7. The van der Waals surface area contributed by atoms with Gasteiger partial charge in [-0.1, -0.05) is 6.92 Å². The summed E-state index contributed by atoms with van der Waals surface area (Å²) in [5, 5.41) is 0.833. The number of carbonyl (C=O) groups excluding carboxylic acids is 1. The van der Waals surface area contributed by atoms with E-state index >= 15 is 0 Å². The molecule has 0 saturated heterocycles. The fraction of sp³-hybridized carbons (Fsp3) is 0.300. The van der Waals surface area contributed by atoms with E-state index in [2.05, 4.69) is 0 Å². The average Bonchev–Trinajstić information content (AvgIpc) is 2.26. The molecule has 1 aromatic rings. The molecule has 88 valence electrons. The maximum atomic E-state index is 12.2. The van der Waals surface area contributed by atoms with Crippen molar-refractivity contribution in [1.29, 1.82) is 0 Å². The smallest absolute Gasteiger partial charge is 0.273 e. The van der Waals surface area contributed by atoms with Crippen LogP contribution in [0, 0.1) is 0 Å². The maximum Gasteiger partial charge on any atom is 0.416 e. The van der Waals surface area contributed by atoms with Crippen LogP contribution < -0.4 is 10.9 Å². The summed E-state index contributed by atoms with van der Waals surface area (Å²) in [6.07, 6.45) is -4.19. The summed E-state index contributed by atoms with van der Waals surface area (Å²) in [6.45, 7) is 1.62. The monoisotopic (exact) mass is 232 g/mol. The van der Waals surface area contributed by atoms with E-state index < -0.39 is 11.7 Å². The maximum absolute atomic E-state index is 12.2. The minimum Gasteiger partial charge on any atom is -0.273 e. The van der Waals surface area contributed by atoms with Crippen LogP contribution in [0.5, 0.6) is 0 Å². The zero-order valence-corrected chi connectivity index (χ0v) is 8.58. The molecule has 16 heavy (non-hydrogen) atoms. The molecule has 1 amide bonds. The summed E-state index contributed by atoms with van der Waals surface area (Å²) in [4.78, 5) is 11.2. The summed E-state index contributed by atoms with van der Waals surface area (Å²) in [5.74, 6) is 5.05. The molecule has 0 unspecified atom stereocenters. The van der Waals surface area contributed by atoms with Crippen molar-refractivity contribution in [2.24, 2.45) is 5.84 Å². The van der Waals surface area contributed by atoms with E-state index in [0.29, 0.717) is 0 Å². The van der Waals surface area contributed by atoms with Gasteiger partial charge in [0, 0.05) is 6.42 Å². The Bertz CT molecular complexity index is 373. The predicted octanol–water partition coefficient (Wildman–Crippen LogP) is 2.32. The van der Waals surface area contributed by atoms with Gasteiger partial charge in [0.25, 0.3) is 0 Å². The van der Waals surface area contributed by atoms with Gasteiger partial charge in [-0.2, -0.15) is 13.2 Å². The number of carbonyl (C=O) groups is 1. The number of rotatable bonds is 2. The van der Waals surface area contributed by atoms with Crippen molar-refractivity contribution in [2.75, 3.05) is 5.01 Å². The molecular weight excluding hydrogens is 221 g/mol. The number of anilines is 1. The normalized spacial score (nSPS) is 11.3. The number of hydrogen-bond acceptors (Lipinski definition) is 2. The lowest BCUT2D eigenvalue weighted by Gasteiger charge is -2.16. The number of hydrazine groups is 1. The number of nitrogens with zero attached hydrogens (tertiary/aromatic N) is 1. The van der Waals surface area contributed by atoms with Crippen LogP contribution >= 0.6 is 0 Å². The summed E-state index contributed by atoms with van der Waals surface area (Å²) in [7, 11) is 0. The van der Waals surface area contributed by atoms with E-state index in [0.717, 1.165) is 29.3 Å². The van der Waals surface area contributed by atoms with Gasteiger partial charge in [0.15, 0.2) is 0 Å². The molecule has 3 nitrogen and oxygen atoms in total. The topological polar surface area (TPSA) is 46.3 Å². The molecule has 0 spiro atoms. The highest BCUT2D eigenvalue weighted by Gasteiger charge is 2.30. The molecule has 0 atom stereocenters. The van der Waals surface area contributed by atoms with Gasteiger partial charge in [-0.25, -0.2) is 10.9 Å². The highest BCUT2D eigenvalue weighted by atomic mass is 19.4. The van der Waals surface area contributed by atoms with Crippen LogP contribution in [-0.4, -0.2) is 5.91 Å². The third-order valence-corrected chi connectivity index (χ3v) is 2.04. The molecule has 6 heteroatoms. The van der Waals surface area contributed by atoms with Gasteiger partial charge in [-0.05, 0) is 24.3 Å². The molecule has 1 aromatic carbocycles. The SMILES string of the molecule is CCC(=O)N(N)c1ccc(C(F)(F)F)cc1. The second-order valence-corrected chi connectivity index (χ2v) is 3.16. The lowest BCUT2D eigenvalue weighted by molar-refractivity contribution is -0.137. The lowest BCUT2D eigenvalue weighted by atomic mass is 10.2. The molecule has 0 saturated carbocycles. The molecule has 0 aromatic heterocycles. The van der Waals surface area contributed by atoms with Crippen LogP contribution in [0.15, 0.2) is 24.3 Å². The Kier molecular flexibility index (Phi) is 3.54. The number of benzene rings is 1. The lowest BCUT2D eigenvalue weighted by Crippen LogP contribution is -2.36. The molecule has 0 fully saturated rings. The number of halogens is 3. The first-order chi connectivity index (χ1) is 7.36. The standard InChI is InChI=1S/C10H11F3N2O/c1-2-9(16)15(14)8-5-3-7(4-6-8)10(11,12)13/h3-6H,2,14H2,1H3. The summed E-state index contributed by atoms with van der Waals surface area (Å²) in [5.41, 5.74) is -0.534. The zero-order chi connectivity index (χ0) is 12.3. The van der Waals surface area contributed by atoms with Gasteiger partial charge in [0.05, 0.1) is 11.3 Å². The van der Waals surface area contributed by atoms with Crippen molar-refractivity contribution < 1.29 is 18.0 Å². The molecule has 0 heterocycles. The summed E-state index contributed by atoms with van der Waals surface area (Å²) >= 11 is 0. The Labute approximate surface area is 90.6 Å². The van der Waals surface area contributed by atoms with Crippen molar-refractivity contribution in [2.45, 2.75) is 19.5 Å². The second kappa shape index (κ2) is 4.52. The molecule has 1 rings (SSSR count). The second-order valence-electron chi connectivity index (χ2n) is 3.16. The number of alkyl halides is 3. The predicted molar refractivity (Wildman–Crippen MR) is 53.4 cm³/mol. The van der Waals surface area contributed by atoms with Gasteiger partial charge in [0.2, 0.25) is 5.91 Å². The van der Waals surface area contributed by atoms with Crippen molar-refractivity contribution in [3.63, 3.8) is 0 Å². The van der Waals surface area contributed by atoms with Crippen LogP contribution in [0.4, 0.5) is 18.9 Å². The fourth-order valence-corrected chi connectivity index (χ4v) is 1.13. The van der Waals surface area contributed by atoms with Gasteiger partial charge in [-0.15, -0.1) is 0 Å². The number of nitrogens with two attached hydrogens (primary N) is 1. The van der Waals surface area contributed by atoms with E-state index in [9.17, 15) is 18.0 Å². The first-order valence-electron chi connectivity index (χ1n) is 4.61. The van der Waals surface area contributed by atoms with Gasteiger partial charge in [0.1, 0.15) is 0 Å². The molecule has 2 N–H and O–H groups in total. The van der Waals surface area contributed by atoms with Crippen molar-refractivity contribution in [1.82, 2.24) is 0 Å². The first-order valence-corrected chi connectivity index (χ1v) is 4.61. The molecule has 0 bridgehead atoms. The Hall–Kier alpha value is -1.56. The fourth-order valence-electron chi connectivity index (χ4n) is 1.13. The van der Waals surface area contributed by atoms with Crippen LogP contribution in [0.3, 0.4) is 0 Å². The Morgan fingerprint density at radius 1 is 1.31 bits per heavy atom. The first kappa shape index (κ1) is 12.5. The summed E-state index contributed by atoms with van der Waals surface area (Å²) in [6, 6.07) is 4.10. The van der Waals surface area contributed by atoms with E-state index in [1.165, 1.54) is 0 Å². The largest absolute Gasteiger partial charge is 0.416 e. The van der Waals surface area contributed by atoms with Crippen LogP contribution in [0.2, 0.25) is 0 Å². The number of hydrogen-bond donors (Lipinski definition) is 1. The molecular formula is C10H11F3N2O. The van der Waals surface area contributed by atoms with Crippen LogP contribution in [0.1, 0.15) is 18.9 Å². The van der Waals surface area contributed by atoms with E-state index in [1.54, 1.807) is 6.92 Å². The minimum atomic E-state index is -4.38. The molecule has 0 aliphatic rings. The van der Waals surface area contributed by atoms with Gasteiger partial charge in [-0.3, -0.25) is 4.79 Å². The molecule has 0 aliphatic carbocycles.